The molecule has 2 aromatic carbocycles. The van der Waals surface area contributed by atoms with Crippen molar-refractivity contribution in [3.63, 3.8) is 0 Å². The number of ether oxygens (including phenoxy) is 1. The molecule has 0 bridgehead atoms. The van der Waals surface area contributed by atoms with Gasteiger partial charge in [0.25, 0.3) is 5.91 Å². The van der Waals surface area contributed by atoms with Crippen molar-refractivity contribution in [3.8, 4) is 11.5 Å². The fourth-order valence-corrected chi connectivity index (χ4v) is 2.64. The first kappa shape index (κ1) is 17.7. The summed E-state index contributed by atoms with van der Waals surface area (Å²) in [5.74, 6) is 0.953. The van der Waals surface area contributed by atoms with E-state index >= 15 is 0 Å². The third-order valence-corrected chi connectivity index (χ3v) is 4.48. The van der Waals surface area contributed by atoms with Crippen LogP contribution in [0.25, 0.3) is 5.57 Å². The van der Waals surface area contributed by atoms with Crippen LogP contribution < -0.4 is 4.74 Å². The van der Waals surface area contributed by atoms with Crippen molar-refractivity contribution in [3.05, 3.63) is 60.7 Å². The van der Waals surface area contributed by atoms with Gasteiger partial charge in [0.2, 0.25) is 0 Å². The van der Waals surface area contributed by atoms with E-state index in [0.717, 1.165) is 6.26 Å². The molecular weight excluding hydrogens is 326 g/mol. The monoisotopic (exact) mass is 345 g/mol. The molecule has 2 aromatic rings. The highest BCUT2D eigenvalue weighted by molar-refractivity contribution is 7.90. The minimum Gasteiger partial charge on any atom is -0.457 e. The molecule has 0 aromatic heterocycles. The maximum Gasteiger partial charge on any atom is 0.253 e. The van der Waals surface area contributed by atoms with Crippen molar-refractivity contribution in [2.24, 2.45) is 0 Å². The van der Waals surface area contributed by atoms with Crippen molar-refractivity contribution in [2.45, 2.75) is 4.90 Å². The molecule has 0 aliphatic heterocycles. The second-order valence-electron chi connectivity index (χ2n) is 5.55. The summed E-state index contributed by atoms with van der Waals surface area (Å²) in [4.78, 5) is 13.6. The molecule has 0 radical (unpaired) electrons. The first-order chi connectivity index (χ1) is 11.2. The number of amides is 1. The lowest BCUT2D eigenvalue weighted by atomic mass is 10.1. The van der Waals surface area contributed by atoms with Crippen LogP contribution in [0.5, 0.6) is 11.5 Å². The average Bonchev–Trinajstić information content (AvgIpc) is 2.54. The molecule has 5 nitrogen and oxygen atoms in total. The van der Waals surface area contributed by atoms with Crippen LogP contribution in [0.15, 0.2) is 60.0 Å². The van der Waals surface area contributed by atoms with Crippen LogP contribution >= 0.6 is 0 Å². The van der Waals surface area contributed by atoms with Gasteiger partial charge in [0.1, 0.15) is 11.5 Å². The average molecular weight is 345 g/mol. The van der Waals surface area contributed by atoms with Crippen LogP contribution in [0.4, 0.5) is 0 Å². The third kappa shape index (κ3) is 4.23. The van der Waals surface area contributed by atoms with E-state index in [1.165, 1.54) is 17.0 Å². The number of carbonyl (C=O) groups is 1. The highest BCUT2D eigenvalue weighted by atomic mass is 32.2. The maximum atomic E-state index is 11.9. The second-order valence-corrected chi connectivity index (χ2v) is 7.56. The normalized spacial score (nSPS) is 11.0. The lowest BCUT2D eigenvalue weighted by molar-refractivity contribution is -0.122. The number of rotatable bonds is 5. The number of sulfone groups is 1. The number of hydrogen-bond donors (Lipinski definition) is 0. The molecule has 0 heterocycles. The minimum atomic E-state index is -3.22. The Labute approximate surface area is 142 Å². The summed E-state index contributed by atoms with van der Waals surface area (Å²) in [6.45, 7) is 3.80. The van der Waals surface area contributed by atoms with Crippen molar-refractivity contribution in [2.75, 3.05) is 20.4 Å². The maximum absolute atomic E-state index is 11.9. The molecule has 24 heavy (non-hydrogen) atoms. The van der Waals surface area contributed by atoms with Gasteiger partial charge >= 0.3 is 0 Å². The fraction of sp³-hybridized carbons (Fsp3) is 0.167. The molecule has 0 fully saturated rings. The summed E-state index contributed by atoms with van der Waals surface area (Å²) in [6, 6.07) is 13.2. The molecule has 0 saturated heterocycles. The summed E-state index contributed by atoms with van der Waals surface area (Å²) in [5, 5.41) is 0. The highest BCUT2D eigenvalue weighted by Crippen LogP contribution is 2.25. The zero-order valence-corrected chi connectivity index (χ0v) is 14.6. The third-order valence-electron chi connectivity index (χ3n) is 3.35. The van der Waals surface area contributed by atoms with E-state index in [0.29, 0.717) is 22.6 Å². The van der Waals surface area contributed by atoms with Crippen LogP contribution in [-0.2, 0) is 14.6 Å². The summed E-state index contributed by atoms with van der Waals surface area (Å²) >= 11 is 0. The minimum absolute atomic E-state index is 0.153. The Bertz CT molecular complexity index is 851. The Kier molecular flexibility index (Phi) is 5.09. The van der Waals surface area contributed by atoms with Crippen molar-refractivity contribution < 1.29 is 17.9 Å². The predicted molar refractivity (Wildman–Crippen MR) is 93.8 cm³/mol. The number of benzene rings is 2. The van der Waals surface area contributed by atoms with E-state index < -0.39 is 9.84 Å². The van der Waals surface area contributed by atoms with Gasteiger partial charge in [-0.2, -0.15) is 0 Å². The number of likely N-dealkylation sites (N-methyl/N-ethyl adjacent to an activating group) is 1. The fourth-order valence-electron chi connectivity index (χ4n) is 2.01. The lowest BCUT2D eigenvalue weighted by Gasteiger charge is -2.13. The summed E-state index contributed by atoms with van der Waals surface area (Å²) in [6.07, 6.45) is 1.16. The van der Waals surface area contributed by atoms with E-state index in [-0.39, 0.29) is 10.8 Å². The molecule has 6 heteroatoms. The molecule has 0 aliphatic carbocycles. The van der Waals surface area contributed by atoms with Crippen LogP contribution in [0, 0.1) is 0 Å². The van der Waals surface area contributed by atoms with Gasteiger partial charge < -0.3 is 9.64 Å². The summed E-state index contributed by atoms with van der Waals surface area (Å²) in [7, 11) is 0.120. The number of carbonyl (C=O) groups excluding carboxylic acids is 1. The highest BCUT2D eigenvalue weighted by Gasteiger charge is 2.11. The molecule has 0 spiro atoms. The Balaban J connectivity index is 2.12. The first-order valence-corrected chi connectivity index (χ1v) is 9.06. The zero-order chi connectivity index (χ0) is 17.9. The molecule has 0 saturated carbocycles. The van der Waals surface area contributed by atoms with Crippen LogP contribution in [0.1, 0.15) is 5.56 Å². The van der Waals surface area contributed by atoms with E-state index in [9.17, 15) is 13.2 Å². The second kappa shape index (κ2) is 6.88. The number of hydrogen-bond acceptors (Lipinski definition) is 4. The Morgan fingerprint density at radius 2 is 1.42 bits per heavy atom. The van der Waals surface area contributed by atoms with Crippen LogP contribution in [0.3, 0.4) is 0 Å². The van der Waals surface area contributed by atoms with E-state index in [4.69, 9.17) is 4.74 Å². The van der Waals surface area contributed by atoms with Crippen LogP contribution in [-0.4, -0.2) is 39.6 Å². The molecule has 126 valence electrons. The SMILES string of the molecule is C=C(C(=O)N(C)C)c1ccc(Oc2ccc(S(C)(=O)=O)cc2)cc1. The van der Waals surface area contributed by atoms with Crippen molar-refractivity contribution >= 4 is 21.3 Å². The van der Waals surface area contributed by atoms with Gasteiger partial charge in [-0.1, -0.05) is 18.7 Å². The molecular formula is C18H19NO4S. The standard InChI is InChI=1S/C18H19NO4S/c1-13(18(20)19(2)3)14-5-7-15(8-6-14)23-16-9-11-17(12-10-16)24(4,21)22/h5-12H,1H2,2-4H3. The molecule has 0 N–H and O–H groups in total. The van der Waals surface area contributed by atoms with Gasteiger partial charge in [-0.05, 0) is 42.0 Å². The van der Waals surface area contributed by atoms with Gasteiger partial charge in [0, 0.05) is 25.9 Å². The molecule has 0 unspecified atom stereocenters. The van der Waals surface area contributed by atoms with Gasteiger partial charge in [-0.25, -0.2) is 8.42 Å². The zero-order valence-electron chi connectivity index (χ0n) is 13.8. The van der Waals surface area contributed by atoms with Crippen LogP contribution in [0.2, 0.25) is 0 Å². The topological polar surface area (TPSA) is 63.7 Å². The molecule has 2 rings (SSSR count). The van der Waals surface area contributed by atoms with Crippen molar-refractivity contribution in [1.82, 2.24) is 4.90 Å². The predicted octanol–water partition coefficient (Wildman–Crippen LogP) is 2.98. The van der Waals surface area contributed by atoms with E-state index in [1.54, 1.807) is 50.5 Å². The molecule has 0 atom stereocenters. The Morgan fingerprint density at radius 3 is 1.83 bits per heavy atom. The van der Waals surface area contributed by atoms with Gasteiger partial charge in [-0.15, -0.1) is 0 Å². The van der Waals surface area contributed by atoms with E-state index in [1.807, 2.05) is 0 Å². The molecule has 1 amide bonds. The summed E-state index contributed by atoms with van der Waals surface area (Å²) < 4.78 is 28.5. The molecule has 0 aliphatic rings. The van der Waals surface area contributed by atoms with Gasteiger partial charge in [-0.3, -0.25) is 4.79 Å². The van der Waals surface area contributed by atoms with Crippen molar-refractivity contribution in [1.29, 1.82) is 0 Å². The Hall–Kier alpha value is -2.60. The number of nitrogens with zero attached hydrogens (tertiary/aromatic N) is 1. The quantitative estimate of drug-likeness (QED) is 0.782. The first-order valence-electron chi connectivity index (χ1n) is 7.17. The lowest BCUT2D eigenvalue weighted by Crippen LogP contribution is -2.22. The Morgan fingerprint density at radius 1 is 0.958 bits per heavy atom. The summed E-state index contributed by atoms with van der Waals surface area (Å²) in [5.41, 5.74) is 1.12. The largest absolute Gasteiger partial charge is 0.457 e. The van der Waals surface area contributed by atoms with Gasteiger partial charge in [0.15, 0.2) is 9.84 Å². The van der Waals surface area contributed by atoms with Gasteiger partial charge in [0.05, 0.1) is 4.90 Å². The van der Waals surface area contributed by atoms with E-state index in [2.05, 4.69) is 6.58 Å². The smallest absolute Gasteiger partial charge is 0.253 e.